The fourth-order valence-corrected chi connectivity index (χ4v) is 14.2. The van der Waals surface area contributed by atoms with E-state index < -0.39 is 42.9 Å². The number of allylic oxidation sites excluding steroid dienone is 2. The highest BCUT2D eigenvalue weighted by Gasteiger charge is 2.48. The molecular formula is C65H96N10O15S. The fourth-order valence-electron chi connectivity index (χ4n) is 13.2. The molecule has 0 amide bonds. The van der Waals surface area contributed by atoms with Gasteiger partial charge in [0.15, 0.2) is 23.5 Å². The average Bonchev–Trinajstić information content (AvgIpc) is 1.65. The number of H-pyrrole nitrogens is 2. The number of aryl methyl sites for hydroxylation is 1. The summed E-state index contributed by atoms with van der Waals surface area (Å²) in [5, 5.41) is 67.5. The Bertz CT molecular complexity index is 3200. The molecule has 4 aromatic rings. The van der Waals surface area contributed by atoms with Gasteiger partial charge >= 0.3 is 0 Å². The van der Waals surface area contributed by atoms with Crippen LogP contribution in [0.4, 0.5) is 0 Å². The van der Waals surface area contributed by atoms with E-state index in [0.29, 0.717) is 96.6 Å². The number of hydrogen-bond donors (Lipinski definition) is 9. The van der Waals surface area contributed by atoms with Crippen LogP contribution >= 0.6 is 11.8 Å². The van der Waals surface area contributed by atoms with E-state index >= 15 is 0 Å². The van der Waals surface area contributed by atoms with Crippen LogP contribution < -0.4 is 16.4 Å². The third-order valence-electron chi connectivity index (χ3n) is 18.8. The number of aromatic nitrogens is 7. The first-order valence-electron chi connectivity index (χ1n) is 31.5. The summed E-state index contributed by atoms with van der Waals surface area (Å²) in [6.07, 6.45) is 8.59. The molecule has 5 aliphatic heterocycles. The van der Waals surface area contributed by atoms with Gasteiger partial charge in [-0.1, -0.05) is 74.2 Å². The number of rotatable bonds is 13. The second kappa shape index (κ2) is 33.0. The second-order valence-electron chi connectivity index (χ2n) is 24.8. The Balaban J connectivity index is 0.000000145. The topological polar surface area (TPSA) is 336 Å². The molecule has 25 nitrogen and oxygen atoms in total. The maximum Gasteiger partial charge on any atom is 0.254 e. The van der Waals surface area contributed by atoms with Gasteiger partial charge < -0.3 is 84.0 Å². The van der Waals surface area contributed by atoms with Crippen LogP contribution in [0.2, 0.25) is 0 Å². The van der Waals surface area contributed by atoms with Crippen molar-refractivity contribution in [3.8, 4) is 0 Å². The Labute approximate surface area is 536 Å². The van der Waals surface area contributed by atoms with E-state index in [1.807, 2.05) is 23.9 Å². The lowest BCUT2D eigenvalue weighted by molar-refractivity contribution is -0.111. The van der Waals surface area contributed by atoms with Crippen LogP contribution in [0, 0.1) is 42.4 Å². The SMILES string of the molecule is C=C(NC)c1ncn([C@H]2O[C@@H](CO)[C@H](O)[C@H]2OC)n1.CC1CC(C)C(C)O1.COC1CC(C)C(C)O1.COC[C@H]1C[C@@H](C2=CCc3c2nc[nH]c3=O)[C@H](O)[C@@H]1O.CO[C@@H]1[C@@H](CO)C[C@@H](C2=CCc3c2nc[nH]c3=O)[C@@H]1O.Cc1ccc(C2CN3CCSC3=N2)cc1. The maximum absolute atomic E-state index is 11.7. The van der Waals surface area contributed by atoms with Crippen molar-refractivity contribution in [3.05, 3.63) is 122 Å². The molecule has 19 atom stereocenters. The monoisotopic (exact) mass is 1290 g/mol. The summed E-state index contributed by atoms with van der Waals surface area (Å²) in [6.45, 7) is 19.0. The summed E-state index contributed by atoms with van der Waals surface area (Å²) in [4.78, 5) is 48.3. The van der Waals surface area contributed by atoms with Crippen molar-refractivity contribution < 1.29 is 63.8 Å². The van der Waals surface area contributed by atoms with Crippen molar-refractivity contribution in [2.24, 2.45) is 40.5 Å². The summed E-state index contributed by atoms with van der Waals surface area (Å²) >= 11 is 1.89. The van der Waals surface area contributed by atoms with Gasteiger partial charge in [-0.3, -0.25) is 14.6 Å². The van der Waals surface area contributed by atoms with E-state index in [1.165, 1.54) is 65.8 Å². The number of aliphatic hydroxyl groups excluding tert-OH is 6. The highest BCUT2D eigenvalue weighted by molar-refractivity contribution is 8.14. The van der Waals surface area contributed by atoms with Crippen LogP contribution in [0.25, 0.3) is 16.8 Å². The Kier molecular flexibility index (Phi) is 25.9. The predicted molar refractivity (Wildman–Crippen MR) is 344 cm³/mol. The largest absolute Gasteiger partial charge is 0.396 e. The number of fused-ring (bicyclic) bond motifs is 3. The van der Waals surface area contributed by atoms with E-state index in [4.69, 9.17) is 43.3 Å². The molecule has 9 N–H and O–H groups in total. The summed E-state index contributed by atoms with van der Waals surface area (Å²) < 4.78 is 38.5. The van der Waals surface area contributed by atoms with Gasteiger partial charge in [0.25, 0.3) is 11.1 Å². The summed E-state index contributed by atoms with van der Waals surface area (Å²) in [5.74, 6) is 2.54. The molecule has 3 aromatic heterocycles. The lowest BCUT2D eigenvalue weighted by Crippen LogP contribution is -2.34. The lowest BCUT2D eigenvalue weighted by Gasteiger charge is -2.21. The van der Waals surface area contributed by atoms with Crippen LogP contribution in [0.1, 0.15) is 112 Å². The normalized spacial score (nSPS) is 33.0. The molecule has 26 heteroatoms. The number of methoxy groups -OCH3 is 4. The summed E-state index contributed by atoms with van der Waals surface area (Å²) in [6, 6.07) is 9.12. The molecule has 6 fully saturated rings. The molecule has 13 rings (SSSR count). The Hall–Kier alpha value is -5.56. The van der Waals surface area contributed by atoms with Gasteiger partial charge in [0.1, 0.15) is 24.6 Å². The number of aromatic amines is 2. The molecule has 91 heavy (non-hydrogen) atoms. The predicted octanol–water partition coefficient (Wildman–Crippen LogP) is 3.84. The standard InChI is InChI=1S/2C14H18N2O4.C12H14N2S.C11H18N4O4.C7H14O2.C7H14O/c1-20-13-7(5-17)4-10(12(13)18)8-2-3-9-11(8)15-6-16-14(9)19;1-20-5-7-4-10(13(18)12(7)17)8-2-3-9-11(8)15-6-16-14(9)19;1-9-2-4-10(5-3-9)11-8-14-6-7-15-12(14)13-11;1-6(12-2)10-13-5-15(14-10)11-9(18-3)8(17)7(4-16)19-11;1-5-4-7(8-3)9-6(5)2;1-5-4-6(2)8-7(5)3/h2*2,6-7,10,12-13,17-18H,3-5H2,1H3,(H,15,16,19);2-5,11H,6-8H2,1H3;5,7-9,11-12,16-17H,1,4H2,2-3H3;5-7H,4H2,1-3H3;5-7H,4H2,1-3H3/t7-,10+,12+,13-;7-,10+,12-,13+;;7-,8-,9+,11-;;/m11.0../s1. The number of aliphatic hydroxyl groups is 6. The van der Waals surface area contributed by atoms with E-state index in [2.05, 4.69) is 113 Å². The van der Waals surface area contributed by atoms with Crippen molar-refractivity contribution >= 4 is 33.8 Å². The van der Waals surface area contributed by atoms with E-state index in [9.17, 15) is 35.1 Å². The number of thioether (sulfide) groups is 1. The van der Waals surface area contributed by atoms with E-state index in [-0.39, 0.29) is 60.4 Å². The minimum absolute atomic E-state index is 0.0188. The smallest absolute Gasteiger partial charge is 0.254 e. The number of ether oxygens (including phenoxy) is 7. The first kappa shape index (κ1) is 71.3. The number of hydrogen-bond acceptors (Lipinski definition) is 23. The van der Waals surface area contributed by atoms with Crippen LogP contribution in [-0.2, 0) is 46.0 Å². The first-order chi connectivity index (χ1) is 43.7. The summed E-state index contributed by atoms with van der Waals surface area (Å²) in [7, 11) is 8.00. The summed E-state index contributed by atoms with van der Waals surface area (Å²) in [5.41, 5.74) is 7.36. The van der Waals surface area contributed by atoms with Crippen LogP contribution in [0.5, 0.6) is 0 Å². The minimum atomic E-state index is -0.917. The number of nitrogens with zero attached hydrogens (tertiary/aromatic N) is 7. The van der Waals surface area contributed by atoms with Gasteiger partial charge in [0, 0.05) is 102 Å². The van der Waals surface area contributed by atoms with Gasteiger partial charge in [0.05, 0.1) is 91.7 Å². The molecule has 1 aromatic carbocycles. The highest BCUT2D eigenvalue weighted by Crippen LogP contribution is 2.45. The van der Waals surface area contributed by atoms with Crippen LogP contribution in [0.3, 0.4) is 0 Å². The number of amidine groups is 1. The minimum Gasteiger partial charge on any atom is -0.396 e. The third kappa shape index (κ3) is 16.9. The molecule has 7 unspecified atom stereocenters. The molecule has 502 valence electrons. The van der Waals surface area contributed by atoms with E-state index in [0.717, 1.165) is 30.0 Å². The Morgan fingerprint density at radius 2 is 1.34 bits per heavy atom. The van der Waals surface area contributed by atoms with Crippen LogP contribution in [-0.4, -0.2) is 217 Å². The maximum atomic E-state index is 11.7. The molecule has 9 aliphatic rings. The number of aliphatic imine (C=N–C) groups is 1. The quantitative estimate of drug-likeness (QED) is 0.0918. The van der Waals surface area contributed by atoms with Gasteiger partial charge in [-0.05, 0) is 88.3 Å². The van der Waals surface area contributed by atoms with Gasteiger partial charge in [-0.2, -0.15) is 0 Å². The van der Waals surface area contributed by atoms with Gasteiger partial charge in [0.2, 0.25) is 0 Å². The molecule has 0 radical (unpaired) electrons. The lowest BCUT2D eigenvalue weighted by atomic mass is 9.93. The molecule has 4 saturated heterocycles. The van der Waals surface area contributed by atoms with Crippen LogP contribution in [0.15, 0.2) is 76.6 Å². The van der Waals surface area contributed by atoms with Crippen molar-refractivity contribution in [1.29, 1.82) is 0 Å². The van der Waals surface area contributed by atoms with Crippen molar-refractivity contribution in [1.82, 2.24) is 44.9 Å². The Morgan fingerprint density at radius 1 is 0.736 bits per heavy atom. The average molecular weight is 1290 g/mol. The van der Waals surface area contributed by atoms with E-state index in [1.54, 1.807) is 28.4 Å². The zero-order valence-corrected chi connectivity index (χ0v) is 55.1. The van der Waals surface area contributed by atoms with Crippen molar-refractivity contribution in [2.75, 3.05) is 74.1 Å². The molecule has 4 aliphatic carbocycles. The zero-order valence-electron chi connectivity index (χ0n) is 54.3. The van der Waals surface area contributed by atoms with Crippen molar-refractivity contribution in [2.45, 2.75) is 160 Å². The van der Waals surface area contributed by atoms with Gasteiger partial charge in [-0.25, -0.2) is 19.6 Å². The molecule has 8 heterocycles. The third-order valence-corrected chi connectivity index (χ3v) is 19.8. The fraction of sp³-hybridized carbons (Fsp3) is 0.646. The first-order valence-corrected chi connectivity index (χ1v) is 32.5. The van der Waals surface area contributed by atoms with Gasteiger partial charge in [-0.15, -0.1) is 5.10 Å². The molecular weight excluding hydrogens is 1190 g/mol. The zero-order chi connectivity index (χ0) is 65.8. The Morgan fingerprint density at radius 3 is 1.82 bits per heavy atom. The number of nitrogens with one attached hydrogen (secondary N) is 3. The molecule has 0 spiro atoms. The number of benzene rings is 1. The van der Waals surface area contributed by atoms with Crippen molar-refractivity contribution in [3.63, 3.8) is 0 Å². The molecule has 2 saturated carbocycles. The molecule has 0 bridgehead atoms. The highest BCUT2D eigenvalue weighted by atomic mass is 32.2. The second-order valence-corrected chi connectivity index (χ2v) is 25.9.